The number of amides is 2. The first kappa shape index (κ1) is 65.8. The Balaban J connectivity index is 0.000000128. The van der Waals surface area contributed by atoms with Gasteiger partial charge in [0.25, 0.3) is 0 Å². The van der Waals surface area contributed by atoms with Gasteiger partial charge in [0.05, 0.1) is 43.1 Å². The number of ether oxygens (including phenoxy) is 2. The molecule has 6 aliphatic carbocycles. The maximum Gasteiger partial charge on any atom is 0.454 e. The fourth-order valence-corrected chi connectivity index (χ4v) is 16.3. The molecule has 7 N–H and O–H groups in total. The highest BCUT2D eigenvalue weighted by Crippen LogP contribution is 2.55. The van der Waals surface area contributed by atoms with Crippen LogP contribution in [-0.2, 0) is 28.7 Å². The number of benzene rings is 3. The average Bonchev–Trinajstić information content (AvgIpc) is 1.61. The minimum absolute atomic E-state index is 0.00123. The number of piperidine rings is 3. The van der Waals surface area contributed by atoms with Gasteiger partial charge in [0.15, 0.2) is 0 Å². The lowest BCUT2D eigenvalue weighted by atomic mass is 9.72. The molecule has 3 saturated carbocycles. The van der Waals surface area contributed by atoms with Crippen LogP contribution in [0.15, 0.2) is 120 Å². The molecule has 488 valence electrons. The summed E-state index contributed by atoms with van der Waals surface area (Å²) in [7, 11) is -1.04. The van der Waals surface area contributed by atoms with Crippen LogP contribution < -0.4 is 31.1 Å². The molecule has 0 bridgehead atoms. The molecule has 3 aromatic heterocycles. The minimum Gasteiger partial charge on any atom is -0.444 e. The van der Waals surface area contributed by atoms with E-state index in [1.54, 1.807) is 6.20 Å². The highest BCUT2D eigenvalue weighted by molar-refractivity contribution is 8.00. The summed E-state index contributed by atoms with van der Waals surface area (Å²) < 4.78 is 11.8. The van der Waals surface area contributed by atoms with Gasteiger partial charge in [-0.2, -0.15) is 0 Å². The van der Waals surface area contributed by atoms with Crippen LogP contribution in [0.4, 0.5) is 27.0 Å². The molecule has 18 nitrogen and oxygen atoms in total. The van der Waals surface area contributed by atoms with Crippen molar-refractivity contribution in [2.24, 2.45) is 22.0 Å². The predicted octanol–water partition coefficient (Wildman–Crippen LogP) is 12.9. The number of nitrogens with two attached hydrogens (primary N) is 1. The van der Waals surface area contributed by atoms with Gasteiger partial charge < -0.3 is 55.6 Å². The van der Waals surface area contributed by atoms with Gasteiger partial charge in [0, 0.05) is 72.8 Å². The number of thioether (sulfide) groups is 2. The van der Waals surface area contributed by atoms with E-state index in [1.807, 2.05) is 102 Å². The maximum absolute atomic E-state index is 12.7. The van der Waals surface area contributed by atoms with Gasteiger partial charge in [-0.25, -0.2) is 34.5 Å². The summed E-state index contributed by atoms with van der Waals surface area (Å²) >= 11 is 8.80. The Labute approximate surface area is 556 Å². The van der Waals surface area contributed by atoms with E-state index < -0.39 is 18.3 Å². The zero-order valence-electron chi connectivity index (χ0n) is 54.2. The number of fused-ring (bicyclic) bond motifs is 3. The standard InChI is InChI=1S/C25H32N4O2S.C22H28N4O2S.C20H24N4S.C3H7BO2/c1-24(2,3)31-23(30)28-22-19-7-5-4-6-17(19)14-25(22)10-12-29(13-11-25)20-15-27-21(16-26-20)32-18-8-9-18;1-21(2,3)28-20(27)25-19-16-7-5-4-6-15(16)12-22(19)8-10-26(11-9-22)17-13-24-18(29)14-23-17;21-19-16-4-2-1-3-14(16)11-20(19)7-9-24(10-8-20)17-12-23-18(13-22-17)25-15-5-6-15;5-4(6)3-1-2-3/h4-7,15-16,18,22H,8-14H2,1-3H3,(H,28,30);4-7,13-14,19H,8-12H2,1-3H3,(H,24,29)(H,25,27);1-4,12-13,15,19H,5-11,21H2;3,5-6H,1-2H2/t22-;2*19-;/m111./s1. The van der Waals surface area contributed by atoms with E-state index in [2.05, 4.69) is 117 Å². The first-order chi connectivity index (χ1) is 44.1. The second kappa shape index (κ2) is 27.6. The molecule has 0 unspecified atom stereocenters. The number of aromatic amines is 1. The van der Waals surface area contributed by atoms with Crippen LogP contribution in [0.3, 0.4) is 0 Å². The van der Waals surface area contributed by atoms with Crippen molar-refractivity contribution in [3.8, 4) is 0 Å². The fraction of sp³-hybridized carbons (Fsp3) is 0.543. The lowest BCUT2D eigenvalue weighted by Gasteiger charge is -2.43. The summed E-state index contributed by atoms with van der Waals surface area (Å²) in [5.41, 5.74) is 13.8. The lowest BCUT2D eigenvalue weighted by molar-refractivity contribution is 0.0418. The topological polar surface area (TPSA) is 233 Å². The third-order valence-electron chi connectivity index (χ3n) is 19.8. The van der Waals surface area contributed by atoms with Crippen molar-refractivity contribution in [3.05, 3.63) is 148 Å². The first-order valence-corrected chi connectivity index (χ1v) is 35.4. The van der Waals surface area contributed by atoms with Gasteiger partial charge in [-0.05, 0) is 170 Å². The van der Waals surface area contributed by atoms with Gasteiger partial charge in [0.2, 0.25) is 0 Å². The molecule has 3 spiro atoms. The molecule has 15 rings (SSSR count). The van der Waals surface area contributed by atoms with Crippen LogP contribution in [0.2, 0.25) is 5.82 Å². The molecule has 9 aliphatic rings. The lowest BCUT2D eigenvalue weighted by Crippen LogP contribution is -2.47. The van der Waals surface area contributed by atoms with Gasteiger partial charge >= 0.3 is 19.3 Å². The summed E-state index contributed by atoms with van der Waals surface area (Å²) in [6, 6.07) is 25.8. The van der Waals surface area contributed by atoms with Crippen molar-refractivity contribution < 1.29 is 29.1 Å². The number of carbonyl (C=O) groups excluding carboxylic acids is 2. The number of nitrogens with one attached hydrogen (secondary N) is 3. The molecule has 3 atom stereocenters. The summed E-state index contributed by atoms with van der Waals surface area (Å²) in [5, 5.41) is 26.5. The minimum atomic E-state index is -1.04. The largest absolute Gasteiger partial charge is 0.454 e. The number of rotatable bonds is 10. The van der Waals surface area contributed by atoms with Gasteiger partial charge in [0.1, 0.15) is 43.3 Å². The Morgan fingerprint density at radius 1 is 0.554 bits per heavy atom. The van der Waals surface area contributed by atoms with Gasteiger partial charge in [-0.3, -0.25) is 0 Å². The molecule has 6 aromatic rings. The number of aromatic nitrogens is 6. The molecular formula is C70H91BN12O6S3. The molecule has 0 radical (unpaired) electrons. The molecular weight excluding hydrogens is 1210 g/mol. The SMILES string of the molecule is CC(C)(C)OC(=O)N[C@@H]1c2ccccc2CC12CCN(c1c[nH]c(=S)cn1)CC2.CC(C)(C)OC(=O)N[C@@H]1c2ccccc2CC12CCN(c1cnc(SC3CC3)cn1)CC2.N[C@@H]1c2ccccc2CC12CCN(c1cnc(SC3CC3)cn1)CC2.OB(O)C1CC1. The molecule has 2 amide bonds. The van der Waals surface area contributed by atoms with Crippen LogP contribution in [-0.4, -0.2) is 120 Å². The molecule has 3 aromatic carbocycles. The van der Waals surface area contributed by atoms with Crippen LogP contribution in [0, 0.1) is 20.9 Å². The second-order valence-electron chi connectivity index (χ2n) is 28.9. The third-order valence-corrected chi connectivity index (χ3v) is 22.5. The zero-order chi connectivity index (χ0) is 64.4. The fourth-order valence-electron chi connectivity index (χ4n) is 14.4. The second-order valence-corrected chi connectivity index (χ2v) is 32.0. The average molecular weight is 1300 g/mol. The summed E-state index contributed by atoms with van der Waals surface area (Å²) in [6.07, 6.45) is 27.1. The van der Waals surface area contributed by atoms with E-state index in [-0.39, 0.29) is 52.4 Å². The van der Waals surface area contributed by atoms with E-state index in [4.69, 9.17) is 42.5 Å². The monoisotopic (exact) mass is 1300 g/mol. The van der Waals surface area contributed by atoms with Crippen LogP contribution >= 0.6 is 35.7 Å². The number of alkyl carbamates (subject to hydrolysis) is 2. The highest BCUT2D eigenvalue weighted by Gasteiger charge is 2.51. The number of H-pyrrole nitrogens is 1. The number of anilines is 3. The Kier molecular flexibility index (Phi) is 19.7. The third kappa shape index (κ3) is 16.1. The number of hydrogen-bond acceptors (Lipinski definition) is 18. The van der Waals surface area contributed by atoms with Crippen LogP contribution in [0.1, 0.15) is 170 Å². The van der Waals surface area contributed by atoms with Gasteiger partial charge in [-0.1, -0.05) is 97.9 Å². The smallest absolute Gasteiger partial charge is 0.444 e. The van der Waals surface area contributed by atoms with E-state index in [9.17, 15) is 9.59 Å². The Hall–Kier alpha value is -6.30. The van der Waals surface area contributed by atoms with Crippen molar-refractivity contribution >= 4 is 72.5 Å². The predicted molar refractivity (Wildman–Crippen MR) is 368 cm³/mol. The Morgan fingerprint density at radius 3 is 1.28 bits per heavy atom. The van der Waals surface area contributed by atoms with Crippen LogP contribution in [0.5, 0.6) is 0 Å². The summed E-state index contributed by atoms with van der Waals surface area (Å²) in [6.45, 7) is 17.0. The van der Waals surface area contributed by atoms with E-state index in [0.29, 0.717) is 4.64 Å². The Bertz CT molecular complexity index is 3550. The summed E-state index contributed by atoms with van der Waals surface area (Å²) in [5.74, 6) is 3.09. The molecule has 6 heterocycles. The number of carbonyl (C=O) groups is 2. The summed E-state index contributed by atoms with van der Waals surface area (Å²) in [4.78, 5) is 58.4. The van der Waals surface area contributed by atoms with Crippen LogP contribution in [0.25, 0.3) is 0 Å². The zero-order valence-corrected chi connectivity index (χ0v) is 56.6. The van der Waals surface area contributed by atoms with Crippen molar-refractivity contribution in [3.63, 3.8) is 0 Å². The Morgan fingerprint density at radius 2 is 0.935 bits per heavy atom. The van der Waals surface area contributed by atoms with E-state index in [0.717, 1.165) is 148 Å². The number of hydrogen-bond donors (Lipinski definition) is 6. The molecule has 3 aliphatic heterocycles. The maximum atomic E-state index is 12.7. The molecule has 3 saturated heterocycles. The molecule has 6 fully saturated rings. The molecule has 22 heteroatoms. The van der Waals surface area contributed by atoms with Crippen molar-refractivity contribution in [2.45, 2.75) is 194 Å². The number of nitrogens with zero attached hydrogens (tertiary/aromatic N) is 8. The van der Waals surface area contributed by atoms with Crippen molar-refractivity contribution in [1.82, 2.24) is 40.5 Å². The molecule has 92 heavy (non-hydrogen) atoms. The van der Waals surface area contributed by atoms with Crippen molar-refractivity contribution in [2.75, 3.05) is 54.0 Å². The van der Waals surface area contributed by atoms with E-state index >= 15 is 0 Å². The van der Waals surface area contributed by atoms with E-state index in [1.165, 1.54) is 59.1 Å². The first-order valence-electron chi connectivity index (χ1n) is 33.2. The highest BCUT2D eigenvalue weighted by atomic mass is 32.2. The quantitative estimate of drug-likeness (QED) is 0.0553. The van der Waals surface area contributed by atoms with Gasteiger partial charge in [-0.15, -0.1) is 23.5 Å². The van der Waals surface area contributed by atoms with Crippen molar-refractivity contribution in [1.29, 1.82) is 0 Å². The normalized spacial score (nSPS) is 22.1.